The van der Waals surface area contributed by atoms with E-state index in [0.29, 0.717) is 5.69 Å². The maximum absolute atomic E-state index is 12.8. The number of hydrogen-bond donors (Lipinski definition) is 2. The largest absolute Gasteiger partial charge is 0.393 e. The zero-order valence-electron chi connectivity index (χ0n) is 8.46. The Labute approximate surface area is 103 Å². The van der Waals surface area contributed by atoms with Crippen molar-refractivity contribution in [2.24, 2.45) is 11.7 Å². The van der Waals surface area contributed by atoms with E-state index in [-0.39, 0.29) is 15.9 Å². The van der Waals surface area contributed by atoms with Gasteiger partial charge < -0.3 is 11.1 Å². The van der Waals surface area contributed by atoms with Gasteiger partial charge in [0.2, 0.25) is 5.91 Å². The molecule has 0 saturated heterocycles. The Hall–Kier alpha value is -1.20. The van der Waals surface area contributed by atoms with Gasteiger partial charge in [0.25, 0.3) is 0 Å². The molecule has 0 saturated carbocycles. The molecule has 16 heavy (non-hydrogen) atoms. The van der Waals surface area contributed by atoms with Crippen LogP contribution >= 0.6 is 23.8 Å². The second-order valence-electron chi connectivity index (χ2n) is 3.24. The number of rotatable bonds is 3. The van der Waals surface area contributed by atoms with Gasteiger partial charge in [0.15, 0.2) is 0 Å². The molecule has 0 fully saturated rings. The molecule has 1 aromatic carbocycles. The van der Waals surface area contributed by atoms with Gasteiger partial charge in [-0.15, -0.1) is 0 Å². The average molecular weight is 261 g/mol. The number of nitrogens with two attached hydrogens (primary N) is 1. The molecule has 1 unspecified atom stereocenters. The Kier molecular flexibility index (Phi) is 4.20. The van der Waals surface area contributed by atoms with Crippen molar-refractivity contribution in [1.29, 1.82) is 0 Å². The minimum atomic E-state index is -0.584. The van der Waals surface area contributed by atoms with Crippen molar-refractivity contribution in [2.45, 2.75) is 6.92 Å². The second-order valence-corrected chi connectivity index (χ2v) is 4.12. The third kappa shape index (κ3) is 3.15. The molecule has 0 aliphatic rings. The van der Waals surface area contributed by atoms with Crippen LogP contribution in [-0.2, 0) is 4.79 Å². The van der Waals surface area contributed by atoms with Gasteiger partial charge in [0, 0.05) is 5.69 Å². The Morgan fingerprint density at radius 1 is 1.62 bits per heavy atom. The third-order valence-electron chi connectivity index (χ3n) is 2.01. The zero-order valence-corrected chi connectivity index (χ0v) is 10.0. The lowest BCUT2D eigenvalue weighted by Gasteiger charge is -2.10. The van der Waals surface area contributed by atoms with E-state index in [1.54, 1.807) is 6.92 Å². The monoisotopic (exact) mass is 260 g/mol. The molecule has 0 radical (unpaired) electrons. The molecule has 0 aromatic heterocycles. The standard InChI is InChI=1S/C10H10ClFN2OS/c1-5(9(13)16)10(15)14-6-2-3-8(12)7(11)4-6/h2-5H,1H3,(H2,13,16)(H,14,15). The predicted octanol–water partition coefficient (Wildman–Crippen LogP) is 2.34. The minimum Gasteiger partial charge on any atom is -0.393 e. The van der Waals surface area contributed by atoms with Crippen LogP contribution in [0.1, 0.15) is 6.92 Å². The van der Waals surface area contributed by atoms with Crippen LogP contribution in [0.3, 0.4) is 0 Å². The Morgan fingerprint density at radius 3 is 2.75 bits per heavy atom. The van der Waals surface area contributed by atoms with Crippen molar-refractivity contribution in [3.8, 4) is 0 Å². The fourth-order valence-corrected chi connectivity index (χ4v) is 1.24. The number of benzene rings is 1. The van der Waals surface area contributed by atoms with Crippen LogP contribution in [0.4, 0.5) is 10.1 Å². The summed E-state index contributed by atoms with van der Waals surface area (Å²) in [5, 5.41) is 2.48. The van der Waals surface area contributed by atoms with E-state index in [0.717, 1.165) is 0 Å². The van der Waals surface area contributed by atoms with Gasteiger partial charge in [-0.2, -0.15) is 0 Å². The van der Waals surface area contributed by atoms with E-state index in [2.05, 4.69) is 17.5 Å². The molecule has 0 spiro atoms. The summed E-state index contributed by atoms with van der Waals surface area (Å²) < 4.78 is 12.8. The number of thiocarbonyl (C=S) groups is 1. The normalized spacial score (nSPS) is 11.9. The van der Waals surface area contributed by atoms with Gasteiger partial charge >= 0.3 is 0 Å². The molecule has 1 rings (SSSR count). The highest BCUT2D eigenvalue weighted by Crippen LogP contribution is 2.19. The molecule has 1 aromatic rings. The molecular weight excluding hydrogens is 251 g/mol. The molecule has 0 heterocycles. The highest BCUT2D eigenvalue weighted by atomic mass is 35.5. The van der Waals surface area contributed by atoms with Crippen LogP contribution in [0.15, 0.2) is 18.2 Å². The molecule has 0 aliphatic heterocycles. The van der Waals surface area contributed by atoms with Gasteiger partial charge in [0.1, 0.15) is 5.82 Å². The van der Waals surface area contributed by atoms with E-state index >= 15 is 0 Å². The summed E-state index contributed by atoms with van der Waals surface area (Å²) >= 11 is 10.3. The van der Waals surface area contributed by atoms with Crippen molar-refractivity contribution in [2.75, 3.05) is 5.32 Å². The van der Waals surface area contributed by atoms with Crippen LogP contribution in [0, 0.1) is 11.7 Å². The zero-order chi connectivity index (χ0) is 12.3. The number of anilines is 1. The maximum atomic E-state index is 12.8. The van der Waals surface area contributed by atoms with Crippen molar-refractivity contribution in [3.05, 3.63) is 29.0 Å². The van der Waals surface area contributed by atoms with Gasteiger partial charge in [-0.05, 0) is 25.1 Å². The average Bonchev–Trinajstić information content (AvgIpc) is 2.22. The van der Waals surface area contributed by atoms with Crippen molar-refractivity contribution < 1.29 is 9.18 Å². The van der Waals surface area contributed by atoms with Crippen LogP contribution < -0.4 is 11.1 Å². The van der Waals surface area contributed by atoms with Gasteiger partial charge in [-0.3, -0.25) is 4.79 Å². The van der Waals surface area contributed by atoms with Crippen LogP contribution in [-0.4, -0.2) is 10.9 Å². The van der Waals surface area contributed by atoms with Crippen molar-refractivity contribution in [3.63, 3.8) is 0 Å². The maximum Gasteiger partial charge on any atom is 0.234 e. The summed E-state index contributed by atoms with van der Waals surface area (Å²) in [6.07, 6.45) is 0. The Balaban J connectivity index is 2.77. The summed E-state index contributed by atoms with van der Waals surface area (Å²) in [4.78, 5) is 11.6. The lowest BCUT2D eigenvalue weighted by molar-refractivity contribution is -0.117. The summed E-state index contributed by atoms with van der Waals surface area (Å²) in [5.74, 6) is -1.48. The molecule has 1 atom stereocenters. The van der Waals surface area contributed by atoms with E-state index in [1.807, 2.05) is 0 Å². The van der Waals surface area contributed by atoms with Crippen molar-refractivity contribution >= 4 is 40.4 Å². The fourth-order valence-electron chi connectivity index (χ4n) is 0.954. The summed E-state index contributed by atoms with van der Waals surface area (Å²) in [5.41, 5.74) is 5.73. The van der Waals surface area contributed by atoms with Gasteiger partial charge in [0.05, 0.1) is 15.9 Å². The molecule has 3 N–H and O–H groups in total. The summed E-state index contributed by atoms with van der Waals surface area (Å²) in [7, 11) is 0. The fraction of sp³-hybridized carbons (Fsp3) is 0.200. The number of hydrogen-bond acceptors (Lipinski definition) is 2. The number of carbonyl (C=O) groups excluding carboxylic acids is 1. The van der Waals surface area contributed by atoms with E-state index in [4.69, 9.17) is 17.3 Å². The van der Waals surface area contributed by atoms with E-state index in [1.165, 1.54) is 18.2 Å². The smallest absolute Gasteiger partial charge is 0.234 e. The number of nitrogens with one attached hydrogen (secondary N) is 1. The summed E-state index contributed by atoms with van der Waals surface area (Å²) in [6.45, 7) is 1.59. The van der Waals surface area contributed by atoms with Crippen molar-refractivity contribution in [1.82, 2.24) is 0 Å². The summed E-state index contributed by atoms with van der Waals surface area (Å²) in [6, 6.07) is 3.90. The molecule has 6 heteroatoms. The Bertz CT molecular complexity index is 439. The Morgan fingerprint density at radius 2 is 2.25 bits per heavy atom. The number of halogens is 2. The van der Waals surface area contributed by atoms with Crippen LogP contribution in [0.5, 0.6) is 0 Å². The quantitative estimate of drug-likeness (QED) is 0.821. The minimum absolute atomic E-state index is 0.0548. The molecule has 0 aliphatic carbocycles. The number of amides is 1. The second kappa shape index (κ2) is 5.23. The first-order chi connectivity index (χ1) is 7.41. The van der Waals surface area contributed by atoms with Crippen LogP contribution in [0.25, 0.3) is 0 Å². The first-order valence-electron chi connectivity index (χ1n) is 4.47. The molecule has 3 nitrogen and oxygen atoms in total. The predicted molar refractivity (Wildman–Crippen MR) is 66.0 cm³/mol. The third-order valence-corrected chi connectivity index (χ3v) is 2.65. The molecule has 1 amide bonds. The van der Waals surface area contributed by atoms with E-state index < -0.39 is 11.7 Å². The number of carbonyl (C=O) groups is 1. The lowest BCUT2D eigenvalue weighted by Crippen LogP contribution is -2.30. The first kappa shape index (κ1) is 12.9. The first-order valence-corrected chi connectivity index (χ1v) is 5.25. The van der Waals surface area contributed by atoms with Gasteiger partial charge in [-0.25, -0.2) is 4.39 Å². The molecular formula is C10H10ClFN2OS. The molecule has 0 bridgehead atoms. The lowest BCUT2D eigenvalue weighted by atomic mass is 10.1. The molecule has 86 valence electrons. The van der Waals surface area contributed by atoms with Crippen LogP contribution in [0.2, 0.25) is 5.02 Å². The van der Waals surface area contributed by atoms with Gasteiger partial charge in [-0.1, -0.05) is 23.8 Å². The topological polar surface area (TPSA) is 55.1 Å². The van der Waals surface area contributed by atoms with E-state index in [9.17, 15) is 9.18 Å². The highest BCUT2D eigenvalue weighted by molar-refractivity contribution is 7.80. The SMILES string of the molecule is CC(C(=O)Nc1ccc(F)c(Cl)c1)C(N)=S. The highest BCUT2D eigenvalue weighted by Gasteiger charge is 2.15.